The maximum Gasteiger partial charge on any atom is 0.222 e. The van der Waals surface area contributed by atoms with Gasteiger partial charge in [0.2, 0.25) is 5.91 Å². The molecular weight excluding hydrogens is 316 g/mol. The third kappa shape index (κ3) is 3.98. The van der Waals surface area contributed by atoms with Gasteiger partial charge in [0.05, 0.1) is 12.2 Å². The summed E-state index contributed by atoms with van der Waals surface area (Å²) in [6.07, 6.45) is 5.00. The molecule has 0 aliphatic carbocycles. The van der Waals surface area contributed by atoms with Gasteiger partial charge in [0.1, 0.15) is 5.52 Å². The van der Waals surface area contributed by atoms with E-state index in [0.29, 0.717) is 12.3 Å². The molecule has 3 heterocycles. The van der Waals surface area contributed by atoms with Gasteiger partial charge in [-0.1, -0.05) is 13.8 Å². The first-order valence-electron chi connectivity index (χ1n) is 9.05. The normalized spacial score (nSPS) is 18.0. The first kappa shape index (κ1) is 17.8. The Labute approximate surface area is 149 Å². The van der Waals surface area contributed by atoms with E-state index in [9.17, 15) is 4.79 Å². The van der Waals surface area contributed by atoms with Crippen LogP contribution in [-0.4, -0.2) is 69.2 Å². The number of fused-ring (bicyclic) bond motifs is 1. The molecule has 1 fully saturated rings. The Morgan fingerprint density at radius 3 is 2.80 bits per heavy atom. The molecule has 1 saturated heterocycles. The number of likely N-dealkylation sites (tertiary alicyclic amines) is 1. The number of likely N-dealkylation sites (N-methyl/N-ethyl adjacent to an activating group) is 1. The molecule has 2 aromatic rings. The summed E-state index contributed by atoms with van der Waals surface area (Å²) >= 11 is 0. The number of nitrogens with zero attached hydrogens (tertiary/aromatic N) is 6. The minimum absolute atomic E-state index is 0.246. The molecule has 0 radical (unpaired) electrons. The van der Waals surface area contributed by atoms with Crippen molar-refractivity contribution in [1.82, 2.24) is 29.5 Å². The summed E-state index contributed by atoms with van der Waals surface area (Å²) in [7, 11) is 4.10. The molecule has 1 atom stereocenters. The van der Waals surface area contributed by atoms with E-state index in [1.54, 1.807) is 12.4 Å². The van der Waals surface area contributed by atoms with Crippen molar-refractivity contribution < 1.29 is 4.79 Å². The van der Waals surface area contributed by atoms with E-state index in [4.69, 9.17) is 5.10 Å². The molecule has 0 unspecified atom stereocenters. The molecule has 0 spiro atoms. The van der Waals surface area contributed by atoms with E-state index in [1.165, 1.54) is 0 Å². The van der Waals surface area contributed by atoms with E-state index >= 15 is 0 Å². The summed E-state index contributed by atoms with van der Waals surface area (Å²) in [5, 5.41) is 4.83. The molecule has 1 amide bonds. The second-order valence-electron chi connectivity index (χ2n) is 7.56. The summed E-state index contributed by atoms with van der Waals surface area (Å²) in [5.41, 5.74) is 2.71. The Balaban J connectivity index is 1.81. The molecule has 7 nitrogen and oxygen atoms in total. The summed E-state index contributed by atoms with van der Waals surface area (Å²) in [6, 6.07) is 0. The average molecular weight is 344 g/mol. The highest BCUT2D eigenvalue weighted by Crippen LogP contribution is 2.30. The fourth-order valence-corrected chi connectivity index (χ4v) is 3.34. The lowest BCUT2D eigenvalue weighted by atomic mass is 10.0. The lowest BCUT2D eigenvalue weighted by Crippen LogP contribution is -2.29. The van der Waals surface area contributed by atoms with Crippen molar-refractivity contribution in [2.75, 3.05) is 33.7 Å². The van der Waals surface area contributed by atoms with Gasteiger partial charge in [0.25, 0.3) is 0 Å². The second-order valence-corrected chi connectivity index (χ2v) is 7.56. The van der Waals surface area contributed by atoms with Crippen molar-refractivity contribution in [1.29, 1.82) is 0 Å². The average Bonchev–Trinajstić information content (AvgIpc) is 3.17. The van der Waals surface area contributed by atoms with Crippen molar-refractivity contribution in [3.8, 4) is 0 Å². The van der Waals surface area contributed by atoms with E-state index in [0.717, 1.165) is 49.5 Å². The fourth-order valence-electron chi connectivity index (χ4n) is 3.34. The van der Waals surface area contributed by atoms with E-state index in [2.05, 4.69) is 28.7 Å². The lowest BCUT2D eigenvalue weighted by Gasteiger charge is -2.17. The zero-order valence-corrected chi connectivity index (χ0v) is 15.6. The van der Waals surface area contributed by atoms with E-state index < -0.39 is 0 Å². The van der Waals surface area contributed by atoms with Gasteiger partial charge < -0.3 is 9.80 Å². The SMILES string of the molecule is CC(C)CC(=O)N1CC[C@H](c2nn(CCN(C)C)c3nccnc23)C1. The second kappa shape index (κ2) is 7.47. The van der Waals surface area contributed by atoms with Crippen LogP contribution in [0, 0.1) is 5.92 Å². The fraction of sp³-hybridized carbons (Fsp3) is 0.667. The summed E-state index contributed by atoms with van der Waals surface area (Å²) in [5.74, 6) is 0.888. The van der Waals surface area contributed by atoms with Crippen molar-refractivity contribution in [3.63, 3.8) is 0 Å². The predicted molar refractivity (Wildman–Crippen MR) is 97.3 cm³/mol. The number of carbonyl (C=O) groups excluding carboxylic acids is 1. The molecule has 2 aromatic heterocycles. The Morgan fingerprint density at radius 1 is 1.32 bits per heavy atom. The molecule has 3 rings (SSSR count). The van der Waals surface area contributed by atoms with Crippen LogP contribution in [-0.2, 0) is 11.3 Å². The molecule has 136 valence electrons. The molecule has 0 bridgehead atoms. The molecule has 0 aromatic carbocycles. The van der Waals surface area contributed by atoms with Gasteiger partial charge in [0.15, 0.2) is 5.65 Å². The lowest BCUT2D eigenvalue weighted by molar-refractivity contribution is -0.130. The summed E-state index contributed by atoms with van der Waals surface area (Å²) in [6.45, 7) is 7.40. The quantitative estimate of drug-likeness (QED) is 0.799. The largest absolute Gasteiger partial charge is 0.342 e. The monoisotopic (exact) mass is 344 g/mol. The van der Waals surface area contributed by atoms with Crippen LogP contribution in [0.15, 0.2) is 12.4 Å². The Morgan fingerprint density at radius 2 is 2.08 bits per heavy atom. The standard InChI is InChI=1S/C18H28N6O/c1-13(2)11-15(25)23-8-5-14(12-23)16-17-18(20-7-6-19-17)24(21-16)10-9-22(3)4/h6-7,13-14H,5,8-12H2,1-4H3/t14-/m0/s1. The zero-order chi connectivity index (χ0) is 18.0. The predicted octanol–water partition coefficient (Wildman–Crippen LogP) is 1.75. The number of rotatable bonds is 6. The van der Waals surface area contributed by atoms with Crippen LogP contribution in [0.4, 0.5) is 0 Å². The van der Waals surface area contributed by atoms with E-state index in [1.807, 2.05) is 23.7 Å². The van der Waals surface area contributed by atoms with Gasteiger partial charge in [0, 0.05) is 44.4 Å². The van der Waals surface area contributed by atoms with Gasteiger partial charge in [-0.15, -0.1) is 0 Å². The van der Waals surface area contributed by atoms with Crippen LogP contribution in [0.1, 0.15) is 38.3 Å². The molecule has 0 N–H and O–H groups in total. The van der Waals surface area contributed by atoms with Crippen LogP contribution in [0.3, 0.4) is 0 Å². The third-order valence-electron chi connectivity index (χ3n) is 4.66. The van der Waals surface area contributed by atoms with Gasteiger partial charge >= 0.3 is 0 Å². The van der Waals surface area contributed by atoms with Crippen molar-refractivity contribution in [2.45, 2.75) is 39.2 Å². The van der Waals surface area contributed by atoms with Crippen LogP contribution in [0.2, 0.25) is 0 Å². The maximum atomic E-state index is 12.3. The number of aromatic nitrogens is 4. The Bertz CT molecular complexity index is 738. The summed E-state index contributed by atoms with van der Waals surface area (Å²) in [4.78, 5) is 25.5. The Kier molecular flexibility index (Phi) is 5.32. The highest BCUT2D eigenvalue weighted by molar-refractivity contribution is 5.77. The van der Waals surface area contributed by atoms with Gasteiger partial charge in [-0.3, -0.25) is 4.79 Å². The van der Waals surface area contributed by atoms with E-state index in [-0.39, 0.29) is 11.8 Å². The van der Waals surface area contributed by atoms with Crippen LogP contribution in [0.25, 0.3) is 11.2 Å². The van der Waals surface area contributed by atoms with Crippen molar-refractivity contribution in [2.24, 2.45) is 5.92 Å². The molecule has 1 aliphatic rings. The molecule has 7 heteroatoms. The molecular formula is C18H28N6O. The first-order valence-corrected chi connectivity index (χ1v) is 9.05. The number of hydrogen-bond donors (Lipinski definition) is 0. The van der Waals surface area contributed by atoms with Crippen LogP contribution >= 0.6 is 0 Å². The van der Waals surface area contributed by atoms with Crippen LogP contribution < -0.4 is 0 Å². The molecule has 25 heavy (non-hydrogen) atoms. The number of hydrogen-bond acceptors (Lipinski definition) is 5. The topological polar surface area (TPSA) is 67.2 Å². The molecule has 0 saturated carbocycles. The van der Waals surface area contributed by atoms with Crippen molar-refractivity contribution >= 4 is 17.1 Å². The third-order valence-corrected chi connectivity index (χ3v) is 4.66. The number of carbonyl (C=O) groups is 1. The van der Waals surface area contributed by atoms with Gasteiger partial charge in [-0.05, 0) is 26.4 Å². The first-order chi connectivity index (χ1) is 12.0. The summed E-state index contributed by atoms with van der Waals surface area (Å²) < 4.78 is 1.95. The molecule has 1 aliphatic heterocycles. The minimum atomic E-state index is 0.246. The van der Waals surface area contributed by atoms with Gasteiger partial charge in [-0.2, -0.15) is 5.10 Å². The number of amides is 1. The highest BCUT2D eigenvalue weighted by atomic mass is 16.2. The minimum Gasteiger partial charge on any atom is -0.342 e. The van der Waals surface area contributed by atoms with Crippen LogP contribution in [0.5, 0.6) is 0 Å². The Hall–Kier alpha value is -2.02. The van der Waals surface area contributed by atoms with Crippen molar-refractivity contribution in [3.05, 3.63) is 18.1 Å². The smallest absolute Gasteiger partial charge is 0.222 e. The zero-order valence-electron chi connectivity index (χ0n) is 15.6. The maximum absolute atomic E-state index is 12.3. The van der Waals surface area contributed by atoms with Gasteiger partial charge in [-0.25, -0.2) is 14.6 Å². The highest BCUT2D eigenvalue weighted by Gasteiger charge is 2.31.